The molecule has 5 rings (SSSR count). The van der Waals surface area contributed by atoms with Crippen LogP contribution in [0.15, 0.2) is 65.5 Å². The molecule has 0 aliphatic carbocycles. The van der Waals surface area contributed by atoms with Crippen LogP contribution >= 0.6 is 0 Å². The standard InChI is InChI=1S/C26H25N3O4/c1-16-23-20(15-21(29-26(23)31)25(30)28-17-11-13-32-14-12-17)24(27-16)19-9-5-6-10-22(19)33-18-7-3-2-4-8-18/h2-10,15,17,27H,11-14H2,1H3,(H,28,30)(H,29,31). The lowest BCUT2D eigenvalue weighted by Crippen LogP contribution is -2.39. The highest BCUT2D eigenvalue weighted by atomic mass is 16.5. The highest BCUT2D eigenvalue weighted by Gasteiger charge is 2.21. The number of carbonyl (C=O) groups is 1. The predicted octanol–water partition coefficient (Wildman–Crippen LogP) is 4.53. The lowest BCUT2D eigenvalue weighted by Gasteiger charge is -2.23. The first-order valence-electron chi connectivity index (χ1n) is 11.1. The van der Waals surface area contributed by atoms with E-state index in [4.69, 9.17) is 9.47 Å². The Bertz CT molecular complexity index is 1350. The van der Waals surface area contributed by atoms with Crippen LogP contribution in [0.1, 0.15) is 29.0 Å². The summed E-state index contributed by atoms with van der Waals surface area (Å²) in [4.78, 5) is 31.9. The van der Waals surface area contributed by atoms with E-state index in [9.17, 15) is 9.59 Å². The minimum Gasteiger partial charge on any atom is -0.457 e. The second kappa shape index (κ2) is 8.96. The molecule has 0 saturated carbocycles. The van der Waals surface area contributed by atoms with Crippen LogP contribution in [0.25, 0.3) is 22.0 Å². The zero-order chi connectivity index (χ0) is 22.8. The van der Waals surface area contributed by atoms with E-state index >= 15 is 0 Å². The Morgan fingerprint density at radius 2 is 1.76 bits per heavy atom. The van der Waals surface area contributed by atoms with Gasteiger partial charge in [-0.3, -0.25) is 9.59 Å². The van der Waals surface area contributed by atoms with Gasteiger partial charge in [-0.05, 0) is 50.1 Å². The first-order valence-corrected chi connectivity index (χ1v) is 11.1. The molecule has 1 fully saturated rings. The maximum Gasteiger partial charge on any atom is 0.268 e. The second-order valence-electron chi connectivity index (χ2n) is 8.20. The number of hydrogen-bond acceptors (Lipinski definition) is 4. The Balaban J connectivity index is 1.56. The third-order valence-electron chi connectivity index (χ3n) is 5.92. The highest BCUT2D eigenvalue weighted by molar-refractivity contribution is 6.03. The van der Waals surface area contributed by atoms with Crippen molar-refractivity contribution in [3.8, 4) is 22.8 Å². The van der Waals surface area contributed by atoms with Gasteiger partial charge in [0.25, 0.3) is 11.5 Å². The molecule has 33 heavy (non-hydrogen) atoms. The average molecular weight is 444 g/mol. The fourth-order valence-electron chi connectivity index (χ4n) is 4.26. The van der Waals surface area contributed by atoms with E-state index < -0.39 is 0 Å². The number of carbonyl (C=O) groups excluding carboxylic acids is 1. The Morgan fingerprint density at radius 1 is 1.03 bits per heavy atom. The van der Waals surface area contributed by atoms with Crippen LogP contribution < -0.4 is 15.6 Å². The van der Waals surface area contributed by atoms with E-state index in [2.05, 4.69) is 15.3 Å². The molecule has 1 amide bonds. The lowest BCUT2D eigenvalue weighted by atomic mass is 10.1. The van der Waals surface area contributed by atoms with Crippen molar-refractivity contribution in [1.82, 2.24) is 15.3 Å². The Labute approximate surface area is 190 Å². The number of rotatable bonds is 5. The van der Waals surface area contributed by atoms with Gasteiger partial charge in [0, 0.05) is 35.9 Å². The molecule has 2 aromatic carbocycles. The number of fused-ring (bicyclic) bond motifs is 1. The third kappa shape index (κ3) is 4.27. The second-order valence-corrected chi connectivity index (χ2v) is 8.20. The molecule has 1 aliphatic heterocycles. The summed E-state index contributed by atoms with van der Waals surface area (Å²) < 4.78 is 11.5. The van der Waals surface area contributed by atoms with Gasteiger partial charge < -0.3 is 24.8 Å². The first kappa shape index (κ1) is 21.0. The number of aromatic amines is 2. The smallest absolute Gasteiger partial charge is 0.268 e. The van der Waals surface area contributed by atoms with Crippen LogP contribution in [0.4, 0.5) is 0 Å². The number of H-pyrrole nitrogens is 2. The molecule has 0 spiro atoms. The van der Waals surface area contributed by atoms with Crippen LogP contribution in [0.3, 0.4) is 0 Å². The minimum absolute atomic E-state index is 0.0397. The van der Waals surface area contributed by atoms with Crippen LogP contribution in [-0.4, -0.2) is 35.1 Å². The molecule has 0 unspecified atom stereocenters. The number of benzene rings is 2. The fraction of sp³-hybridized carbons (Fsp3) is 0.231. The van der Waals surface area contributed by atoms with Crippen molar-refractivity contribution in [2.24, 2.45) is 0 Å². The molecular weight excluding hydrogens is 418 g/mol. The zero-order valence-electron chi connectivity index (χ0n) is 18.3. The number of amides is 1. The number of pyridine rings is 1. The van der Waals surface area contributed by atoms with Crippen molar-refractivity contribution < 1.29 is 14.3 Å². The summed E-state index contributed by atoms with van der Waals surface area (Å²) in [5, 5.41) is 4.22. The Hall–Kier alpha value is -3.84. The molecule has 168 valence electrons. The molecule has 1 saturated heterocycles. The predicted molar refractivity (Wildman–Crippen MR) is 127 cm³/mol. The fourth-order valence-corrected chi connectivity index (χ4v) is 4.26. The maximum atomic E-state index is 12.9. The molecule has 0 bridgehead atoms. The highest BCUT2D eigenvalue weighted by Crippen LogP contribution is 2.37. The van der Waals surface area contributed by atoms with Gasteiger partial charge in [-0.2, -0.15) is 0 Å². The molecule has 7 nitrogen and oxygen atoms in total. The Kier molecular flexibility index (Phi) is 5.71. The molecule has 7 heteroatoms. The molecule has 4 aromatic rings. The van der Waals surface area contributed by atoms with Crippen molar-refractivity contribution in [2.45, 2.75) is 25.8 Å². The van der Waals surface area contributed by atoms with Gasteiger partial charge >= 0.3 is 0 Å². The summed E-state index contributed by atoms with van der Waals surface area (Å²) in [5.74, 6) is 1.08. The number of hydrogen-bond donors (Lipinski definition) is 3. The van der Waals surface area contributed by atoms with Gasteiger partial charge in [-0.25, -0.2) is 0 Å². The topological polar surface area (TPSA) is 96.2 Å². The van der Waals surface area contributed by atoms with Crippen LogP contribution in [0, 0.1) is 6.92 Å². The van der Waals surface area contributed by atoms with E-state index in [1.54, 1.807) is 6.07 Å². The third-order valence-corrected chi connectivity index (χ3v) is 5.92. The normalized spacial score (nSPS) is 14.3. The van der Waals surface area contributed by atoms with E-state index in [1.807, 2.05) is 61.5 Å². The SMILES string of the molecule is Cc1[nH]c(-c2ccccc2Oc2ccccc2)c2cc(C(=O)NC3CCOCC3)[nH]c(=O)c12. The number of nitrogens with one attached hydrogen (secondary N) is 3. The summed E-state index contributed by atoms with van der Waals surface area (Å²) in [5.41, 5.74) is 2.21. The summed E-state index contributed by atoms with van der Waals surface area (Å²) in [6.07, 6.45) is 1.52. The average Bonchev–Trinajstić information content (AvgIpc) is 3.17. The monoisotopic (exact) mass is 443 g/mol. The number of aromatic nitrogens is 2. The molecule has 3 heterocycles. The van der Waals surface area contributed by atoms with Crippen molar-refractivity contribution >= 4 is 16.7 Å². The molecule has 1 aliphatic rings. The van der Waals surface area contributed by atoms with Crippen LogP contribution in [-0.2, 0) is 4.74 Å². The van der Waals surface area contributed by atoms with Crippen molar-refractivity contribution in [3.63, 3.8) is 0 Å². The molecule has 0 atom stereocenters. The molecule has 3 N–H and O–H groups in total. The number of aryl methyl sites for hydroxylation is 1. The van der Waals surface area contributed by atoms with E-state index in [-0.39, 0.29) is 23.2 Å². The summed E-state index contributed by atoms with van der Waals surface area (Å²) in [7, 11) is 0. The van der Waals surface area contributed by atoms with Gasteiger partial charge in [-0.15, -0.1) is 0 Å². The van der Waals surface area contributed by atoms with Gasteiger partial charge in [0.1, 0.15) is 17.2 Å². The van der Waals surface area contributed by atoms with Crippen molar-refractivity contribution in [2.75, 3.05) is 13.2 Å². The van der Waals surface area contributed by atoms with Crippen LogP contribution in [0.5, 0.6) is 11.5 Å². The minimum atomic E-state index is -0.300. The largest absolute Gasteiger partial charge is 0.457 e. The van der Waals surface area contributed by atoms with E-state index in [0.717, 1.165) is 29.8 Å². The van der Waals surface area contributed by atoms with Crippen molar-refractivity contribution in [1.29, 1.82) is 0 Å². The van der Waals surface area contributed by atoms with E-state index in [0.29, 0.717) is 35.5 Å². The first-order chi connectivity index (χ1) is 16.1. The Morgan fingerprint density at radius 3 is 2.55 bits per heavy atom. The van der Waals surface area contributed by atoms with Crippen LogP contribution in [0.2, 0.25) is 0 Å². The van der Waals surface area contributed by atoms with E-state index in [1.165, 1.54) is 0 Å². The van der Waals surface area contributed by atoms with Gasteiger partial charge in [0.15, 0.2) is 0 Å². The zero-order valence-corrected chi connectivity index (χ0v) is 18.3. The summed E-state index contributed by atoms with van der Waals surface area (Å²) >= 11 is 0. The summed E-state index contributed by atoms with van der Waals surface area (Å²) in [6, 6.07) is 18.9. The quantitative estimate of drug-likeness (QED) is 0.422. The molecule has 0 radical (unpaired) electrons. The molecule has 2 aromatic heterocycles. The number of ether oxygens (including phenoxy) is 2. The van der Waals surface area contributed by atoms with Crippen molar-refractivity contribution in [3.05, 3.63) is 82.4 Å². The molecular formula is C26H25N3O4. The lowest BCUT2D eigenvalue weighted by molar-refractivity contribution is 0.0694. The maximum absolute atomic E-state index is 12.9. The van der Waals surface area contributed by atoms with Gasteiger partial charge in [0.2, 0.25) is 0 Å². The van der Waals surface area contributed by atoms with Gasteiger partial charge in [-0.1, -0.05) is 30.3 Å². The summed E-state index contributed by atoms with van der Waals surface area (Å²) in [6.45, 7) is 3.10. The van der Waals surface area contributed by atoms with Gasteiger partial charge in [0.05, 0.1) is 11.1 Å². The number of para-hydroxylation sites is 2.